The quantitative estimate of drug-likeness (QED) is 0.463. The molecule has 2 fully saturated rings. The average Bonchev–Trinajstić information content (AvgIpc) is 3.07. The molecule has 6 heteroatoms. The maximum Gasteiger partial charge on any atom is 0.337 e. The van der Waals surface area contributed by atoms with E-state index in [1.54, 1.807) is 18.2 Å². The molecule has 1 atom stereocenters. The largest absolute Gasteiger partial charge is 0.478 e. The molecule has 1 aromatic heterocycles. The second-order valence-electron chi connectivity index (χ2n) is 9.02. The van der Waals surface area contributed by atoms with Crippen molar-refractivity contribution in [3.63, 3.8) is 0 Å². The number of carbonyl (C=O) groups is 1. The monoisotopic (exact) mass is 453 g/mol. The zero-order chi connectivity index (χ0) is 22.2. The number of benzene rings is 2. The Bertz CT molecular complexity index is 1150. The Kier molecular flexibility index (Phi) is 5.91. The van der Waals surface area contributed by atoms with Crippen molar-refractivity contribution in [1.82, 2.24) is 0 Å². The van der Waals surface area contributed by atoms with Crippen LogP contribution < -0.4 is 4.90 Å². The third-order valence-electron chi connectivity index (χ3n) is 6.94. The molecule has 1 aliphatic heterocycles. The smallest absolute Gasteiger partial charge is 0.337 e. The number of hydrogen-bond donors (Lipinski definition) is 1. The summed E-state index contributed by atoms with van der Waals surface area (Å²) in [6, 6.07) is 10.5. The first-order valence-electron chi connectivity index (χ1n) is 11.4. The number of nitrogens with zero attached hydrogens (tertiary/aromatic N) is 1. The van der Waals surface area contributed by atoms with E-state index in [2.05, 4.69) is 4.90 Å². The minimum Gasteiger partial charge on any atom is -0.478 e. The van der Waals surface area contributed by atoms with Crippen molar-refractivity contribution >= 4 is 33.1 Å². The van der Waals surface area contributed by atoms with Crippen LogP contribution in [0.25, 0.3) is 21.2 Å². The Morgan fingerprint density at radius 1 is 1.22 bits per heavy atom. The average molecular weight is 454 g/mol. The molecule has 1 saturated heterocycles. The molecule has 168 valence electrons. The lowest BCUT2D eigenvalue weighted by atomic mass is 9.81. The topological polar surface area (TPSA) is 49.8 Å². The van der Waals surface area contributed by atoms with Gasteiger partial charge < -0.3 is 14.7 Å². The molecule has 0 bridgehead atoms. The molecule has 0 radical (unpaired) electrons. The van der Waals surface area contributed by atoms with Crippen LogP contribution in [0.4, 0.5) is 10.1 Å². The number of fused-ring (bicyclic) bond motifs is 1. The molecule has 2 aromatic carbocycles. The third kappa shape index (κ3) is 4.14. The van der Waals surface area contributed by atoms with Gasteiger partial charge in [-0.3, -0.25) is 0 Å². The molecule has 2 heterocycles. The van der Waals surface area contributed by atoms with E-state index >= 15 is 0 Å². The van der Waals surface area contributed by atoms with Gasteiger partial charge in [0.2, 0.25) is 0 Å². The number of carboxylic acid groups (broad SMARTS) is 1. The van der Waals surface area contributed by atoms with Crippen molar-refractivity contribution in [2.45, 2.75) is 45.1 Å². The van der Waals surface area contributed by atoms with Crippen LogP contribution in [0.1, 0.15) is 47.3 Å². The second-order valence-corrected chi connectivity index (χ2v) is 10.3. The van der Waals surface area contributed by atoms with E-state index in [0.717, 1.165) is 50.7 Å². The summed E-state index contributed by atoms with van der Waals surface area (Å²) in [6.07, 6.45) is 6.43. The SMILES string of the molecule is Cc1sc2cc(F)ccc2c1-c1ccc(N2CCO[C@H](CCC3CCC3)C2)c(C(=O)O)c1. The fraction of sp³-hybridized carbons (Fsp3) is 0.423. The standard InChI is InChI=1S/C26H28FNO3S/c1-16-25(21-9-7-19(27)14-24(21)32-16)18-6-10-23(22(13-18)26(29)30)28-11-12-31-20(15-28)8-5-17-3-2-4-17/h6-7,9-10,13-14,17,20H,2-5,8,11-12,15H2,1H3,(H,29,30)/t20-/m1/s1. The van der Waals surface area contributed by atoms with Crippen molar-refractivity contribution in [3.8, 4) is 11.1 Å². The first-order valence-corrected chi connectivity index (χ1v) is 12.2. The van der Waals surface area contributed by atoms with Gasteiger partial charge in [0.05, 0.1) is 24.0 Å². The van der Waals surface area contributed by atoms with Crippen LogP contribution in [0.3, 0.4) is 0 Å². The first-order chi connectivity index (χ1) is 15.5. The van der Waals surface area contributed by atoms with Crippen molar-refractivity contribution in [2.24, 2.45) is 5.92 Å². The van der Waals surface area contributed by atoms with E-state index in [1.807, 2.05) is 19.1 Å². The Morgan fingerprint density at radius 2 is 2.06 bits per heavy atom. The zero-order valence-electron chi connectivity index (χ0n) is 18.3. The third-order valence-corrected chi connectivity index (χ3v) is 8.01. The fourth-order valence-corrected chi connectivity index (χ4v) is 6.12. The van der Waals surface area contributed by atoms with Gasteiger partial charge in [0.25, 0.3) is 0 Å². The summed E-state index contributed by atoms with van der Waals surface area (Å²) >= 11 is 1.53. The van der Waals surface area contributed by atoms with E-state index < -0.39 is 5.97 Å². The normalized spacial score (nSPS) is 19.3. The highest BCUT2D eigenvalue weighted by molar-refractivity contribution is 7.19. The number of carboxylic acids is 1. The summed E-state index contributed by atoms with van der Waals surface area (Å²) in [6.45, 7) is 4.04. The van der Waals surface area contributed by atoms with Crippen LogP contribution in [0.2, 0.25) is 0 Å². The minimum atomic E-state index is -0.928. The fourth-order valence-electron chi connectivity index (χ4n) is 5.01. The molecule has 5 rings (SSSR count). The number of aromatic carboxylic acids is 1. The van der Waals surface area contributed by atoms with Crippen LogP contribution in [0.15, 0.2) is 36.4 Å². The molecule has 0 unspecified atom stereocenters. The number of thiophene rings is 1. The molecular formula is C26H28FNO3S. The second kappa shape index (κ2) is 8.83. The number of aryl methyl sites for hydroxylation is 1. The summed E-state index contributed by atoms with van der Waals surface area (Å²) in [5.74, 6) is -0.339. The Balaban J connectivity index is 1.43. The Hall–Kier alpha value is -2.44. The lowest BCUT2D eigenvalue weighted by Crippen LogP contribution is -2.43. The predicted octanol–water partition coefficient (Wildman–Crippen LogP) is 6.50. The molecule has 1 saturated carbocycles. The van der Waals surface area contributed by atoms with Gasteiger partial charge in [-0.2, -0.15) is 0 Å². The van der Waals surface area contributed by atoms with Gasteiger partial charge in [-0.25, -0.2) is 9.18 Å². The van der Waals surface area contributed by atoms with Gasteiger partial charge in [-0.15, -0.1) is 11.3 Å². The Morgan fingerprint density at radius 3 is 2.81 bits per heavy atom. The van der Waals surface area contributed by atoms with Gasteiger partial charge >= 0.3 is 5.97 Å². The van der Waals surface area contributed by atoms with Crippen LogP contribution in [0, 0.1) is 18.7 Å². The Labute approximate surface area is 191 Å². The summed E-state index contributed by atoms with van der Waals surface area (Å²) in [7, 11) is 0. The van der Waals surface area contributed by atoms with E-state index in [1.165, 1.54) is 43.1 Å². The molecule has 2 aliphatic rings. The summed E-state index contributed by atoms with van der Waals surface area (Å²) in [4.78, 5) is 15.4. The van der Waals surface area contributed by atoms with Crippen LogP contribution in [0.5, 0.6) is 0 Å². The highest BCUT2D eigenvalue weighted by atomic mass is 32.1. The van der Waals surface area contributed by atoms with Crippen LogP contribution in [-0.4, -0.2) is 36.9 Å². The number of rotatable bonds is 6. The van der Waals surface area contributed by atoms with E-state index in [0.29, 0.717) is 18.7 Å². The number of hydrogen-bond acceptors (Lipinski definition) is 4. The molecule has 0 spiro atoms. The van der Waals surface area contributed by atoms with Crippen molar-refractivity contribution in [2.75, 3.05) is 24.6 Å². The number of morpholine rings is 1. The van der Waals surface area contributed by atoms with Gasteiger partial charge in [0, 0.05) is 33.6 Å². The number of ether oxygens (including phenoxy) is 1. The van der Waals surface area contributed by atoms with E-state index in [4.69, 9.17) is 4.74 Å². The summed E-state index contributed by atoms with van der Waals surface area (Å²) in [5, 5.41) is 11.0. The zero-order valence-corrected chi connectivity index (χ0v) is 19.1. The van der Waals surface area contributed by atoms with Crippen LogP contribution in [-0.2, 0) is 4.74 Å². The van der Waals surface area contributed by atoms with E-state index in [-0.39, 0.29) is 11.9 Å². The number of anilines is 1. The summed E-state index contributed by atoms with van der Waals surface area (Å²) in [5.41, 5.74) is 2.90. The molecule has 1 aliphatic carbocycles. The predicted molar refractivity (Wildman–Crippen MR) is 127 cm³/mol. The highest BCUT2D eigenvalue weighted by Crippen LogP contribution is 2.40. The van der Waals surface area contributed by atoms with Crippen molar-refractivity contribution in [1.29, 1.82) is 0 Å². The minimum absolute atomic E-state index is 0.156. The molecule has 0 amide bonds. The highest BCUT2D eigenvalue weighted by Gasteiger charge is 2.26. The maximum absolute atomic E-state index is 13.7. The van der Waals surface area contributed by atoms with Crippen molar-refractivity contribution < 1.29 is 19.0 Å². The molecular weight excluding hydrogens is 425 g/mol. The summed E-state index contributed by atoms with van der Waals surface area (Å²) < 4.78 is 20.5. The number of halogens is 1. The lowest BCUT2D eigenvalue weighted by Gasteiger charge is -2.36. The van der Waals surface area contributed by atoms with Gasteiger partial charge in [-0.1, -0.05) is 25.3 Å². The van der Waals surface area contributed by atoms with Gasteiger partial charge in [0.15, 0.2) is 0 Å². The molecule has 32 heavy (non-hydrogen) atoms. The van der Waals surface area contributed by atoms with Crippen molar-refractivity contribution in [3.05, 3.63) is 52.7 Å². The van der Waals surface area contributed by atoms with Crippen LogP contribution >= 0.6 is 11.3 Å². The molecule has 1 N–H and O–H groups in total. The van der Waals surface area contributed by atoms with Gasteiger partial charge in [-0.05, 0) is 61.6 Å². The maximum atomic E-state index is 13.7. The lowest BCUT2D eigenvalue weighted by molar-refractivity contribution is 0.0284. The van der Waals surface area contributed by atoms with Gasteiger partial charge in [0.1, 0.15) is 5.82 Å². The first kappa shape index (κ1) is 21.4. The molecule has 3 aromatic rings. The molecule has 4 nitrogen and oxygen atoms in total. The van der Waals surface area contributed by atoms with E-state index in [9.17, 15) is 14.3 Å².